The molecule has 0 aliphatic carbocycles. The summed E-state index contributed by atoms with van der Waals surface area (Å²) in [5, 5.41) is 3.02. The molecule has 0 spiro atoms. The molecule has 1 amide bonds. The summed E-state index contributed by atoms with van der Waals surface area (Å²) in [6, 6.07) is 7.63. The Hall–Kier alpha value is -1.71. The van der Waals surface area contributed by atoms with Crippen LogP contribution in [-0.2, 0) is 4.79 Å². The monoisotopic (exact) mass is 263 g/mol. The molecule has 0 aliphatic heterocycles. The van der Waals surface area contributed by atoms with Crippen molar-refractivity contribution in [2.75, 3.05) is 17.2 Å². The van der Waals surface area contributed by atoms with Gasteiger partial charge in [-0.2, -0.15) is 0 Å². The molecule has 2 atom stereocenters. The van der Waals surface area contributed by atoms with E-state index in [-0.39, 0.29) is 18.0 Å². The van der Waals surface area contributed by atoms with Gasteiger partial charge < -0.3 is 16.0 Å². The summed E-state index contributed by atoms with van der Waals surface area (Å²) < 4.78 is 0. The van der Waals surface area contributed by atoms with Gasteiger partial charge in [-0.1, -0.05) is 6.92 Å². The van der Waals surface area contributed by atoms with E-state index in [1.165, 1.54) is 0 Å². The van der Waals surface area contributed by atoms with Crippen LogP contribution in [0, 0.1) is 0 Å². The summed E-state index contributed by atoms with van der Waals surface area (Å²) in [7, 11) is 0. The quantitative estimate of drug-likeness (QED) is 0.775. The van der Waals surface area contributed by atoms with Crippen molar-refractivity contribution >= 4 is 17.3 Å². The Balaban J connectivity index is 2.78. The Kier molecular flexibility index (Phi) is 5.67. The third-order valence-electron chi connectivity index (χ3n) is 3.41. The van der Waals surface area contributed by atoms with Crippen LogP contribution in [0.3, 0.4) is 0 Å². The second-order valence-corrected chi connectivity index (χ2v) is 4.87. The molecule has 0 bridgehead atoms. The number of benzene rings is 1. The van der Waals surface area contributed by atoms with Crippen molar-refractivity contribution in [3.63, 3.8) is 0 Å². The van der Waals surface area contributed by atoms with Gasteiger partial charge >= 0.3 is 0 Å². The van der Waals surface area contributed by atoms with Crippen LogP contribution in [0.2, 0.25) is 0 Å². The fraction of sp³-hybridized carbons (Fsp3) is 0.533. The number of anilines is 2. The lowest BCUT2D eigenvalue weighted by molar-refractivity contribution is -0.122. The fourth-order valence-electron chi connectivity index (χ4n) is 1.95. The average Bonchev–Trinajstić information content (AvgIpc) is 2.41. The van der Waals surface area contributed by atoms with Crippen LogP contribution < -0.4 is 16.0 Å². The van der Waals surface area contributed by atoms with Gasteiger partial charge in [0.15, 0.2) is 0 Å². The van der Waals surface area contributed by atoms with E-state index in [4.69, 9.17) is 5.73 Å². The van der Waals surface area contributed by atoms with E-state index >= 15 is 0 Å². The minimum absolute atomic E-state index is 0.0630. The van der Waals surface area contributed by atoms with Crippen LogP contribution in [-0.4, -0.2) is 24.5 Å². The molecule has 2 unspecified atom stereocenters. The van der Waals surface area contributed by atoms with Crippen molar-refractivity contribution in [2.24, 2.45) is 0 Å². The lowest BCUT2D eigenvalue weighted by Gasteiger charge is -2.30. The van der Waals surface area contributed by atoms with Crippen molar-refractivity contribution in [3.05, 3.63) is 24.3 Å². The Morgan fingerprint density at radius 1 is 1.26 bits per heavy atom. The highest BCUT2D eigenvalue weighted by molar-refractivity contribution is 5.85. The molecule has 106 valence electrons. The molecule has 0 aliphatic rings. The molecule has 19 heavy (non-hydrogen) atoms. The van der Waals surface area contributed by atoms with Crippen molar-refractivity contribution in [1.29, 1.82) is 0 Å². The average molecular weight is 263 g/mol. The molecule has 4 nitrogen and oxygen atoms in total. The highest BCUT2D eigenvalue weighted by atomic mass is 16.2. The minimum atomic E-state index is -0.192. The molecule has 1 rings (SSSR count). The normalized spacial score (nSPS) is 13.7. The van der Waals surface area contributed by atoms with Gasteiger partial charge in [0.25, 0.3) is 0 Å². The van der Waals surface area contributed by atoms with Crippen molar-refractivity contribution in [3.8, 4) is 0 Å². The van der Waals surface area contributed by atoms with Crippen LogP contribution in [0.15, 0.2) is 24.3 Å². The highest BCUT2D eigenvalue weighted by Crippen LogP contribution is 2.18. The van der Waals surface area contributed by atoms with E-state index in [2.05, 4.69) is 17.1 Å². The number of rotatable bonds is 6. The van der Waals surface area contributed by atoms with Gasteiger partial charge in [-0.15, -0.1) is 0 Å². The molecule has 1 aromatic rings. The van der Waals surface area contributed by atoms with Crippen molar-refractivity contribution in [1.82, 2.24) is 5.32 Å². The number of nitrogens with one attached hydrogen (secondary N) is 1. The maximum Gasteiger partial charge on any atom is 0.242 e. The first-order valence-corrected chi connectivity index (χ1v) is 6.92. The molecule has 0 radical (unpaired) electrons. The molecule has 0 heterocycles. The number of likely N-dealkylation sites (N-methyl/N-ethyl adjacent to an activating group) is 1. The number of nitrogens with zero attached hydrogens (tertiary/aromatic N) is 1. The predicted molar refractivity (Wildman–Crippen MR) is 81.2 cm³/mol. The molecular weight excluding hydrogens is 238 g/mol. The minimum Gasteiger partial charge on any atom is -0.399 e. The summed E-state index contributed by atoms with van der Waals surface area (Å²) in [6.45, 7) is 8.83. The highest BCUT2D eigenvalue weighted by Gasteiger charge is 2.21. The van der Waals surface area contributed by atoms with Gasteiger partial charge in [-0.3, -0.25) is 4.79 Å². The number of carbonyl (C=O) groups is 1. The Labute approximate surface area is 116 Å². The topological polar surface area (TPSA) is 58.4 Å². The van der Waals surface area contributed by atoms with Gasteiger partial charge in [0.05, 0.1) is 0 Å². The molecule has 3 N–H and O–H groups in total. The Morgan fingerprint density at radius 3 is 2.32 bits per heavy atom. The van der Waals surface area contributed by atoms with Gasteiger partial charge in [0.1, 0.15) is 6.04 Å². The SMILES string of the molecule is CCC(C)NC(=O)C(C)N(CC)c1ccc(N)cc1. The zero-order chi connectivity index (χ0) is 14.4. The second-order valence-electron chi connectivity index (χ2n) is 4.87. The van der Waals surface area contributed by atoms with E-state index in [0.29, 0.717) is 0 Å². The molecule has 1 aromatic carbocycles. The van der Waals surface area contributed by atoms with E-state index in [9.17, 15) is 4.79 Å². The first-order chi connectivity index (χ1) is 8.99. The van der Waals surface area contributed by atoms with E-state index in [1.807, 2.05) is 45.0 Å². The number of hydrogen-bond acceptors (Lipinski definition) is 3. The van der Waals surface area contributed by atoms with Crippen LogP contribution in [0.4, 0.5) is 11.4 Å². The fourth-order valence-corrected chi connectivity index (χ4v) is 1.95. The first kappa shape index (κ1) is 15.3. The van der Waals surface area contributed by atoms with Crippen LogP contribution >= 0.6 is 0 Å². The third-order valence-corrected chi connectivity index (χ3v) is 3.41. The van der Waals surface area contributed by atoms with Gasteiger partial charge in [-0.25, -0.2) is 0 Å². The maximum absolute atomic E-state index is 12.2. The zero-order valence-electron chi connectivity index (χ0n) is 12.3. The molecule has 4 heteroatoms. The molecule has 0 saturated carbocycles. The number of nitrogen functional groups attached to an aromatic ring is 1. The lowest BCUT2D eigenvalue weighted by atomic mass is 10.2. The van der Waals surface area contributed by atoms with Gasteiger partial charge in [0.2, 0.25) is 5.91 Å². The number of carbonyl (C=O) groups excluding carboxylic acids is 1. The number of hydrogen-bond donors (Lipinski definition) is 2. The van der Waals surface area contributed by atoms with Crippen LogP contribution in [0.1, 0.15) is 34.1 Å². The summed E-state index contributed by atoms with van der Waals surface area (Å²) in [5.41, 5.74) is 7.44. The largest absolute Gasteiger partial charge is 0.399 e. The molecular formula is C15H25N3O. The summed E-state index contributed by atoms with van der Waals surface area (Å²) >= 11 is 0. The van der Waals surface area contributed by atoms with Gasteiger partial charge in [-0.05, 0) is 51.5 Å². The standard InChI is InChI=1S/C15H25N3O/c1-5-11(3)17-15(19)12(4)18(6-2)14-9-7-13(16)8-10-14/h7-12H,5-6,16H2,1-4H3,(H,17,19). The number of amides is 1. The van der Waals surface area contributed by atoms with E-state index in [0.717, 1.165) is 24.3 Å². The maximum atomic E-state index is 12.2. The smallest absolute Gasteiger partial charge is 0.242 e. The second kappa shape index (κ2) is 7.02. The summed E-state index contributed by atoms with van der Waals surface area (Å²) in [6.07, 6.45) is 0.937. The number of nitrogens with two attached hydrogens (primary N) is 1. The Bertz CT molecular complexity index is 402. The summed E-state index contributed by atoms with van der Waals surface area (Å²) in [5.74, 6) is 0.0630. The molecule has 0 aromatic heterocycles. The predicted octanol–water partition coefficient (Wildman–Crippen LogP) is 2.40. The van der Waals surface area contributed by atoms with E-state index in [1.54, 1.807) is 0 Å². The summed E-state index contributed by atoms with van der Waals surface area (Å²) in [4.78, 5) is 14.2. The van der Waals surface area contributed by atoms with Gasteiger partial charge in [0, 0.05) is 24.0 Å². The van der Waals surface area contributed by atoms with Crippen LogP contribution in [0.5, 0.6) is 0 Å². The third kappa shape index (κ3) is 4.16. The first-order valence-electron chi connectivity index (χ1n) is 6.92. The van der Waals surface area contributed by atoms with Crippen molar-refractivity contribution in [2.45, 2.75) is 46.2 Å². The molecule has 0 fully saturated rings. The van der Waals surface area contributed by atoms with Crippen LogP contribution in [0.25, 0.3) is 0 Å². The molecule has 0 saturated heterocycles. The Morgan fingerprint density at radius 2 is 1.84 bits per heavy atom. The lowest BCUT2D eigenvalue weighted by Crippen LogP contribution is -2.47. The zero-order valence-corrected chi connectivity index (χ0v) is 12.3. The van der Waals surface area contributed by atoms with Crippen molar-refractivity contribution < 1.29 is 4.79 Å². The van der Waals surface area contributed by atoms with E-state index < -0.39 is 0 Å².